The van der Waals surface area contributed by atoms with Gasteiger partial charge in [0.1, 0.15) is 5.58 Å². The Morgan fingerprint density at radius 2 is 1.08 bits per heavy atom. The monoisotopic (exact) mass is 643 g/mol. The minimum absolute atomic E-state index is 0.880. The first-order valence-corrected chi connectivity index (χ1v) is 17.4. The number of rotatable bonds is 5. The molecule has 0 aliphatic carbocycles. The maximum Gasteiger partial charge on any atom is 0.159 e. The Morgan fingerprint density at radius 3 is 2.00 bits per heavy atom. The van der Waals surface area contributed by atoms with Crippen molar-refractivity contribution >= 4 is 81.3 Å². The van der Waals surface area contributed by atoms with Gasteiger partial charge >= 0.3 is 0 Å². The SMILES string of the molecule is c1cc(-c2ccc(N(c3ccc4sc5ccccc5c4c3)c3cccc4c3oc3ccccc34)cc2)cc(-c2cccc3ccccc23)c1. The van der Waals surface area contributed by atoms with Crippen molar-refractivity contribution in [1.82, 2.24) is 0 Å². The molecule has 0 saturated heterocycles. The number of fused-ring (bicyclic) bond motifs is 7. The van der Waals surface area contributed by atoms with E-state index in [4.69, 9.17) is 4.42 Å². The molecule has 2 aromatic heterocycles. The highest BCUT2D eigenvalue weighted by Gasteiger charge is 2.20. The molecule has 10 aromatic rings. The summed E-state index contributed by atoms with van der Waals surface area (Å²) in [6.45, 7) is 0. The third-order valence-electron chi connectivity index (χ3n) is 9.66. The van der Waals surface area contributed by atoms with Crippen LogP contribution in [0.15, 0.2) is 180 Å². The van der Waals surface area contributed by atoms with Crippen molar-refractivity contribution in [2.45, 2.75) is 0 Å². The molecule has 0 saturated carbocycles. The second-order valence-electron chi connectivity index (χ2n) is 12.5. The molecule has 0 fully saturated rings. The average molecular weight is 644 g/mol. The van der Waals surface area contributed by atoms with Crippen molar-refractivity contribution in [1.29, 1.82) is 0 Å². The van der Waals surface area contributed by atoms with E-state index < -0.39 is 0 Å². The summed E-state index contributed by atoms with van der Waals surface area (Å²) < 4.78 is 9.18. The van der Waals surface area contributed by atoms with Gasteiger partial charge in [-0.25, -0.2) is 0 Å². The summed E-state index contributed by atoms with van der Waals surface area (Å²) in [5, 5.41) is 7.31. The lowest BCUT2D eigenvalue weighted by Gasteiger charge is -2.26. The van der Waals surface area contributed by atoms with Gasteiger partial charge in [-0.3, -0.25) is 0 Å². The van der Waals surface area contributed by atoms with E-state index >= 15 is 0 Å². The van der Waals surface area contributed by atoms with E-state index in [1.165, 1.54) is 53.2 Å². The zero-order chi connectivity index (χ0) is 32.3. The number of thiophene rings is 1. The van der Waals surface area contributed by atoms with Gasteiger partial charge in [0, 0.05) is 42.3 Å². The fourth-order valence-electron chi connectivity index (χ4n) is 7.34. The van der Waals surface area contributed by atoms with Crippen LogP contribution in [0.1, 0.15) is 0 Å². The van der Waals surface area contributed by atoms with E-state index in [9.17, 15) is 0 Å². The summed E-state index contributed by atoms with van der Waals surface area (Å²) in [5.41, 5.74) is 9.78. The lowest BCUT2D eigenvalue weighted by atomic mass is 9.95. The summed E-state index contributed by atoms with van der Waals surface area (Å²) in [6.07, 6.45) is 0. The molecule has 49 heavy (non-hydrogen) atoms. The Bertz CT molecular complexity index is 2840. The van der Waals surface area contributed by atoms with Crippen LogP contribution >= 0.6 is 11.3 Å². The molecule has 230 valence electrons. The van der Waals surface area contributed by atoms with Crippen LogP contribution in [0.5, 0.6) is 0 Å². The van der Waals surface area contributed by atoms with Crippen LogP contribution in [0.3, 0.4) is 0 Å². The van der Waals surface area contributed by atoms with Crippen LogP contribution in [0.2, 0.25) is 0 Å². The molecule has 0 spiro atoms. The topological polar surface area (TPSA) is 16.4 Å². The number of nitrogens with zero attached hydrogens (tertiary/aromatic N) is 1. The number of anilines is 3. The molecule has 0 aliphatic heterocycles. The van der Waals surface area contributed by atoms with Crippen molar-refractivity contribution in [3.8, 4) is 22.3 Å². The summed E-state index contributed by atoms with van der Waals surface area (Å²) >= 11 is 1.84. The molecule has 0 atom stereocenters. The zero-order valence-corrected chi connectivity index (χ0v) is 27.3. The largest absolute Gasteiger partial charge is 0.454 e. The van der Waals surface area contributed by atoms with Gasteiger partial charge in [-0.2, -0.15) is 0 Å². The minimum atomic E-state index is 0.880. The van der Waals surface area contributed by atoms with Gasteiger partial charge in [-0.05, 0) is 87.6 Å². The summed E-state index contributed by atoms with van der Waals surface area (Å²) in [6, 6.07) is 63.2. The number of furan rings is 1. The number of hydrogen-bond donors (Lipinski definition) is 0. The molecule has 0 unspecified atom stereocenters. The molecule has 3 heteroatoms. The standard InChI is InChI=1S/C46H29NOS/c1-2-14-36-31(10-1)11-8-17-37(36)33-13-7-12-32(28-33)30-22-24-34(25-23-30)47(35-26-27-45-41(29-35)39-16-4-6-21-44(39)49-45)42-19-9-18-40-38-15-3-5-20-43(38)48-46(40)42/h1-29H. The number of hydrogen-bond acceptors (Lipinski definition) is 3. The third-order valence-corrected chi connectivity index (χ3v) is 10.8. The fraction of sp³-hybridized carbons (Fsp3) is 0. The van der Waals surface area contributed by atoms with E-state index in [1.54, 1.807) is 0 Å². The summed E-state index contributed by atoms with van der Waals surface area (Å²) in [5.74, 6) is 0. The van der Waals surface area contributed by atoms with E-state index in [0.29, 0.717) is 0 Å². The Kier molecular flexibility index (Phi) is 6.39. The number of benzene rings is 8. The molecular weight excluding hydrogens is 615 g/mol. The highest BCUT2D eigenvalue weighted by molar-refractivity contribution is 7.25. The summed E-state index contributed by atoms with van der Waals surface area (Å²) in [4.78, 5) is 2.34. The molecule has 10 rings (SSSR count). The smallest absolute Gasteiger partial charge is 0.159 e. The first-order valence-electron chi connectivity index (χ1n) is 16.6. The number of para-hydroxylation sites is 2. The van der Waals surface area contributed by atoms with E-state index in [-0.39, 0.29) is 0 Å². The van der Waals surface area contributed by atoms with E-state index in [0.717, 1.165) is 39.0 Å². The lowest BCUT2D eigenvalue weighted by molar-refractivity contribution is 0.669. The Balaban J connectivity index is 1.12. The first-order chi connectivity index (χ1) is 24.3. The van der Waals surface area contributed by atoms with Crippen molar-refractivity contribution in [2.24, 2.45) is 0 Å². The normalized spacial score (nSPS) is 11.7. The van der Waals surface area contributed by atoms with Crippen LogP contribution in [-0.4, -0.2) is 0 Å². The van der Waals surface area contributed by atoms with Crippen LogP contribution in [-0.2, 0) is 0 Å². The van der Waals surface area contributed by atoms with Gasteiger partial charge in [-0.1, -0.05) is 121 Å². The van der Waals surface area contributed by atoms with Crippen molar-refractivity contribution < 1.29 is 4.42 Å². The van der Waals surface area contributed by atoms with Gasteiger partial charge < -0.3 is 9.32 Å². The molecule has 2 nitrogen and oxygen atoms in total. The molecular formula is C46H29NOS. The fourth-order valence-corrected chi connectivity index (χ4v) is 8.42. The second kappa shape index (κ2) is 11.2. The molecule has 0 N–H and O–H groups in total. The van der Waals surface area contributed by atoms with Crippen LogP contribution in [0.4, 0.5) is 17.1 Å². The van der Waals surface area contributed by atoms with E-state index in [1.807, 2.05) is 23.5 Å². The van der Waals surface area contributed by atoms with Gasteiger partial charge in [0.2, 0.25) is 0 Å². The van der Waals surface area contributed by atoms with Crippen LogP contribution in [0, 0.1) is 0 Å². The van der Waals surface area contributed by atoms with Crippen molar-refractivity contribution in [3.63, 3.8) is 0 Å². The van der Waals surface area contributed by atoms with Gasteiger partial charge in [0.05, 0.1) is 5.69 Å². The predicted octanol–water partition coefficient (Wildman–Crippen LogP) is 13.9. The van der Waals surface area contributed by atoms with Crippen molar-refractivity contribution in [2.75, 3.05) is 4.90 Å². The molecule has 8 aromatic carbocycles. The third kappa shape index (κ3) is 4.62. The van der Waals surface area contributed by atoms with Gasteiger partial charge in [-0.15, -0.1) is 11.3 Å². The second-order valence-corrected chi connectivity index (χ2v) is 13.6. The lowest BCUT2D eigenvalue weighted by Crippen LogP contribution is -2.10. The maximum atomic E-state index is 6.59. The average Bonchev–Trinajstić information content (AvgIpc) is 3.74. The summed E-state index contributed by atoms with van der Waals surface area (Å²) in [7, 11) is 0. The zero-order valence-electron chi connectivity index (χ0n) is 26.5. The highest BCUT2D eigenvalue weighted by atomic mass is 32.1. The Hall–Kier alpha value is -6.16. The molecule has 0 bridgehead atoms. The quantitative estimate of drug-likeness (QED) is 0.186. The Morgan fingerprint density at radius 1 is 0.408 bits per heavy atom. The predicted molar refractivity (Wildman–Crippen MR) is 210 cm³/mol. The molecule has 2 heterocycles. The molecule has 0 radical (unpaired) electrons. The van der Waals surface area contributed by atoms with Gasteiger partial charge in [0.25, 0.3) is 0 Å². The first kappa shape index (κ1) is 27.9. The highest BCUT2D eigenvalue weighted by Crippen LogP contribution is 2.45. The van der Waals surface area contributed by atoms with Crippen LogP contribution in [0.25, 0.3) is 75.1 Å². The Labute approximate surface area is 287 Å². The van der Waals surface area contributed by atoms with Gasteiger partial charge in [0.15, 0.2) is 5.58 Å². The van der Waals surface area contributed by atoms with E-state index in [2.05, 4.69) is 169 Å². The molecule has 0 amide bonds. The van der Waals surface area contributed by atoms with Crippen molar-refractivity contribution in [3.05, 3.63) is 176 Å². The minimum Gasteiger partial charge on any atom is -0.454 e. The maximum absolute atomic E-state index is 6.59. The molecule has 0 aliphatic rings. The van der Waals surface area contributed by atoms with Crippen LogP contribution < -0.4 is 4.90 Å².